The predicted molar refractivity (Wildman–Crippen MR) is 66.8 cm³/mol. The quantitative estimate of drug-likeness (QED) is 0.797. The SMILES string of the molecule is CCOC[C@@H]1CCCCN1C(=O)[C@H]1CCNC1. The Morgan fingerprint density at radius 3 is 3.00 bits per heavy atom. The molecule has 0 aromatic carbocycles. The third-order valence-corrected chi connectivity index (χ3v) is 3.83. The number of ether oxygens (including phenoxy) is 1. The number of nitrogens with zero attached hydrogens (tertiary/aromatic N) is 1. The fraction of sp³-hybridized carbons (Fsp3) is 0.923. The van der Waals surface area contributed by atoms with Crippen LogP contribution in [0, 0.1) is 5.92 Å². The van der Waals surface area contributed by atoms with Gasteiger partial charge in [0.25, 0.3) is 0 Å². The number of carbonyl (C=O) groups excluding carboxylic acids is 1. The molecule has 4 heteroatoms. The van der Waals surface area contributed by atoms with Gasteiger partial charge in [0.15, 0.2) is 0 Å². The zero-order valence-electron chi connectivity index (χ0n) is 10.8. The molecule has 0 saturated carbocycles. The van der Waals surface area contributed by atoms with Gasteiger partial charge in [-0.25, -0.2) is 0 Å². The van der Waals surface area contributed by atoms with E-state index in [-0.39, 0.29) is 5.92 Å². The molecule has 0 aliphatic carbocycles. The number of piperidine rings is 1. The Morgan fingerprint density at radius 2 is 2.29 bits per heavy atom. The van der Waals surface area contributed by atoms with Crippen LogP contribution in [0.4, 0.5) is 0 Å². The highest BCUT2D eigenvalue weighted by Crippen LogP contribution is 2.21. The summed E-state index contributed by atoms with van der Waals surface area (Å²) < 4.78 is 5.51. The molecule has 2 aliphatic rings. The van der Waals surface area contributed by atoms with Gasteiger partial charge in [0, 0.05) is 19.7 Å². The maximum Gasteiger partial charge on any atom is 0.227 e. The van der Waals surface area contributed by atoms with E-state index in [1.54, 1.807) is 0 Å². The number of nitrogens with one attached hydrogen (secondary N) is 1. The minimum Gasteiger partial charge on any atom is -0.380 e. The largest absolute Gasteiger partial charge is 0.380 e. The van der Waals surface area contributed by atoms with Crippen molar-refractivity contribution in [2.75, 3.05) is 32.8 Å². The molecule has 17 heavy (non-hydrogen) atoms. The molecule has 1 N–H and O–H groups in total. The molecule has 2 atom stereocenters. The fourth-order valence-electron chi connectivity index (χ4n) is 2.82. The molecule has 2 rings (SSSR count). The molecule has 2 aliphatic heterocycles. The zero-order valence-corrected chi connectivity index (χ0v) is 10.8. The predicted octanol–water partition coefficient (Wildman–Crippen LogP) is 1.01. The Balaban J connectivity index is 1.92. The lowest BCUT2D eigenvalue weighted by molar-refractivity contribution is -0.140. The minimum atomic E-state index is 0.206. The Kier molecular flexibility index (Phi) is 4.80. The van der Waals surface area contributed by atoms with E-state index in [4.69, 9.17) is 4.74 Å². The van der Waals surface area contributed by atoms with Crippen molar-refractivity contribution < 1.29 is 9.53 Å². The third kappa shape index (κ3) is 3.19. The molecule has 2 saturated heterocycles. The highest BCUT2D eigenvalue weighted by Gasteiger charge is 2.32. The van der Waals surface area contributed by atoms with Crippen molar-refractivity contribution in [1.82, 2.24) is 10.2 Å². The van der Waals surface area contributed by atoms with Crippen LogP contribution in [0.15, 0.2) is 0 Å². The zero-order chi connectivity index (χ0) is 12.1. The van der Waals surface area contributed by atoms with Crippen LogP contribution in [0.5, 0.6) is 0 Å². The number of hydrogen-bond donors (Lipinski definition) is 1. The number of rotatable bonds is 4. The van der Waals surface area contributed by atoms with Crippen molar-refractivity contribution >= 4 is 5.91 Å². The summed E-state index contributed by atoms with van der Waals surface area (Å²) in [6.45, 7) is 6.23. The molecule has 0 aromatic rings. The lowest BCUT2D eigenvalue weighted by atomic mass is 9.99. The van der Waals surface area contributed by atoms with Gasteiger partial charge in [-0.3, -0.25) is 4.79 Å². The average Bonchev–Trinajstić information content (AvgIpc) is 2.89. The van der Waals surface area contributed by atoms with Crippen molar-refractivity contribution in [3.8, 4) is 0 Å². The van der Waals surface area contributed by atoms with E-state index in [2.05, 4.69) is 10.2 Å². The number of amides is 1. The van der Waals surface area contributed by atoms with Crippen molar-refractivity contribution in [3.05, 3.63) is 0 Å². The van der Waals surface area contributed by atoms with Gasteiger partial charge in [-0.15, -0.1) is 0 Å². The van der Waals surface area contributed by atoms with E-state index in [0.29, 0.717) is 18.6 Å². The summed E-state index contributed by atoms with van der Waals surface area (Å²) in [6.07, 6.45) is 4.47. The normalized spacial score (nSPS) is 29.6. The van der Waals surface area contributed by atoms with Gasteiger partial charge in [-0.2, -0.15) is 0 Å². The fourth-order valence-corrected chi connectivity index (χ4v) is 2.82. The molecular formula is C13H24N2O2. The van der Waals surface area contributed by atoms with E-state index >= 15 is 0 Å². The van der Waals surface area contributed by atoms with Crippen LogP contribution in [0.1, 0.15) is 32.6 Å². The van der Waals surface area contributed by atoms with Crippen LogP contribution in [-0.4, -0.2) is 49.7 Å². The van der Waals surface area contributed by atoms with Gasteiger partial charge in [0.05, 0.1) is 18.6 Å². The van der Waals surface area contributed by atoms with E-state index in [1.165, 1.54) is 6.42 Å². The topological polar surface area (TPSA) is 41.6 Å². The minimum absolute atomic E-state index is 0.206. The molecule has 0 spiro atoms. The summed E-state index contributed by atoms with van der Waals surface area (Å²) in [4.78, 5) is 14.5. The average molecular weight is 240 g/mol. The first-order valence-electron chi connectivity index (χ1n) is 6.92. The van der Waals surface area contributed by atoms with Crippen LogP contribution in [-0.2, 0) is 9.53 Å². The van der Waals surface area contributed by atoms with Crippen LogP contribution in [0.3, 0.4) is 0 Å². The van der Waals surface area contributed by atoms with E-state index in [1.807, 2.05) is 6.92 Å². The molecule has 1 amide bonds. The summed E-state index contributed by atoms with van der Waals surface area (Å²) in [5.74, 6) is 0.552. The standard InChI is InChI=1S/C13H24N2O2/c1-2-17-10-12-5-3-4-8-15(12)13(16)11-6-7-14-9-11/h11-12,14H,2-10H2,1H3/t11-,12-/m0/s1. The van der Waals surface area contributed by atoms with E-state index in [0.717, 1.165) is 45.5 Å². The maximum absolute atomic E-state index is 12.4. The molecule has 4 nitrogen and oxygen atoms in total. The lowest BCUT2D eigenvalue weighted by Crippen LogP contribution is -2.48. The molecule has 0 bridgehead atoms. The van der Waals surface area contributed by atoms with Gasteiger partial charge in [-0.05, 0) is 39.2 Å². The Morgan fingerprint density at radius 1 is 1.41 bits per heavy atom. The molecule has 2 heterocycles. The van der Waals surface area contributed by atoms with Crippen LogP contribution in [0.25, 0.3) is 0 Å². The first kappa shape index (κ1) is 12.8. The van der Waals surface area contributed by atoms with Crippen molar-refractivity contribution in [3.63, 3.8) is 0 Å². The molecule has 2 fully saturated rings. The summed E-state index contributed by atoms with van der Waals surface area (Å²) >= 11 is 0. The van der Waals surface area contributed by atoms with E-state index in [9.17, 15) is 4.79 Å². The summed E-state index contributed by atoms with van der Waals surface area (Å²) in [5.41, 5.74) is 0. The molecule has 0 aromatic heterocycles. The van der Waals surface area contributed by atoms with Crippen LogP contribution >= 0.6 is 0 Å². The second-order valence-corrected chi connectivity index (χ2v) is 5.03. The second kappa shape index (κ2) is 6.36. The summed E-state index contributed by atoms with van der Waals surface area (Å²) in [5, 5.41) is 3.27. The molecule has 98 valence electrons. The van der Waals surface area contributed by atoms with Gasteiger partial charge < -0.3 is 15.0 Å². The van der Waals surface area contributed by atoms with Crippen molar-refractivity contribution in [2.45, 2.75) is 38.6 Å². The molecule has 0 radical (unpaired) electrons. The monoisotopic (exact) mass is 240 g/mol. The van der Waals surface area contributed by atoms with E-state index < -0.39 is 0 Å². The smallest absolute Gasteiger partial charge is 0.227 e. The first-order chi connectivity index (χ1) is 8.33. The van der Waals surface area contributed by atoms with Gasteiger partial charge >= 0.3 is 0 Å². The highest BCUT2D eigenvalue weighted by atomic mass is 16.5. The summed E-state index contributed by atoms with van der Waals surface area (Å²) in [7, 11) is 0. The van der Waals surface area contributed by atoms with Gasteiger partial charge in [0.1, 0.15) is 0 Å². The third-order valence-electron chi connectivity index (χ3n) is 3.83. The van der Waals surface area contributed by atoms with Crippen LogP contribution in [0.2, 0.25) is 0 Å². The number of hydrogen-bond acceptors (Lipinski definition) is 3. The Bertz CT molecular complexity index is 252. The van der Waals surface area contributed by atoms with Crippen molar-refractivity contribution in [2.24, 2.45) is 5.92 Å². The number of carbonyl (C=O) groups is 1. The Labute approximate surface area is 104 Å². The van der Waals surface area contributed by atoms with Crippen LogP contribution < -0.4 is 5.32 Å². The van der Waals surface area contributed by atoms with Gasteiger partial charge in [0.2, 0.25) is 5.91 Å². The second-order valence-electron chi connectivity index (χ2n) is 5.03. The Hall–Kier alpha value is -0.610. The first-order valence-corrected chi connectivity index (χ1v) is 6.92. The highest BCUT2D eigenvalue weighted by molar-refractivity contribution is 5.79. The summed E-state index contributed by atoms with van der Waals surface area (Å²) in [6, 6.07) is 0.316. The molecule has 0 unspecified atom stereocenters. The lowest BCUT2D eigenvalue weighted by Gasteiger charge is -2.37. The van der Waals surface area contributed by atoms with Crippen molar-refractivity contribution in [1.29, 1.82) is 0 Å². The number of likely N-dealkylation sites (tertiary alicyclic amines) is 1. The van der Waals surface area contributed by atoms with Gasteiger partial charge in [-0.1, -0.05) is 0 Å². The molecular weight excluding hydrogens is 216 g/mol. The maximum atomic E-state index is 12.4.